The summed E-state index contributed by atoms with van der Waals surface area (Å²) in [4.78, 5) is 21.0. The molecule has 194 valence electrons. The fourth-order valence-electron chi connectivity index (χ4n) is 6.47. The molecule has 3 aromatic carbocycles. The summed E-state index contributed by atoms with van der Waals surface area (Å²) >= 11 is 13.0. The van der Waals surface area contributed by atoms with Crippen molar-refractivity contribution in [1.82, 2.24) is 9.80 Å². The molecular formula is C30H32Cl3N3O. The van der Waals surface area contributed by atoms with E-state index in [1.165, 1.54) is 16.7 Å². The second-order valence-corrected chi connectivity index (χ2v) is 11.2. The van der Waals surface area contributed by atoms with Crippen molar-refractivity contribution in [3.63, 3.8) is 0 Å². The summed E-state index contributed by atoms with van der Waals surface area (Å²) in [6.45, 7) is 3.09. The number of carbonyl (C=O) groups excluding carboxylic acids is 1. The number of para-hydroxylation sites is 1. The fraction of sp³-hybridized carbons (Fsp3) is 0.367. The quantitative estimate of drug-likeness (QED) is 0.362. The second-order valence-electron chi connectivity index (χ2n) is 10.3. The Morgan fingerprint density at radius 3 is 2.14 bits per heavy atom. The van der Waals surface area contributed by atoms with Crippen molar-refractivity contribution in [3.05, 3.63) is 99.5 Å². The van der Waals surface area contributed by atoms with Gasteiger partial charge in [-0.05, 0) is 73.1 Å². The topological polar surface area (TPSA) is 26.8 Å². The molecule has 0 aromatic heterocycles. The van der Waals surface area contributed by atoms with Crippen molar-refractivity contribution >= 4 is 47.2 Å². The van der Waals surface area contributed by atoms with Crippen LogP contribution in [0.3, 0.4) is 0 Å². The average molecular weight is 557 g/mol. The summed E-state index contributed by atoms with van der Waals surface area (Å²) in [5.74, 6) is 0.263. The van der Waals surface area contributed by atoms with Crippen molar-refractivity contribution in [1.29, 1.82) is 0 Å². The van der Waals surface area contributed by atoms with Crippen molar-refractivity contribution in [2.24, 2.45) is 0 Å². The first-order valence-electron chi connectivity index (χ1n) is 12.9. The van der Waals surface area contributed by atoms with E-state index in [4.69, 9.17) is 23.2 Å². The molecule has 3 aromatic rings. The maximum absolute atomic E-state index is 14.0. The van der Waals surface area contributed by atoms with E-state index in [2.05, 4.69) is 46.2 Å². The van der Waals surface area contributed by atoms with E-state index < -0.39 is 5.54 Å². The Bertz CT molecular complexity index is 1250. The zero-order valence-electron chi connectivity index (χ0n) is 20.8. The molecule has 0 saturated carbocycles. The Labute approximate surface area is 235 Å². The number of amides is 1. The summed E-state index contributed by atoms with van der Waals surface area (Å²) in [6.07, 6.45) is 4.63. The highest BCUT2D eigenvalue weighted by Gasteiger charge is 2.54. The van der Waals surface area contributed by atoms with Crippen molar-refractivity contribution in [2.75, 3.05) is 24.7 Å². The van der Waals surface area contributed by atoms with Gasteiger partial charge in [0, 0.05) is 41.4 Å². The molecule has 3 aliphatic rings. The number of fused-ring (bicyclic) bond motifs is 1. The molecule has 0 bridgehead atoms. The van der Waals surface area contributed by atoms with Crippen molar-refractivity contribution in [3.8, 4) is 0 Å². The van der Waals surface area contributed by atoms with E-state index in [1.54, 1.807) is 0 Å². The molecule has 1 spiro atoms. The number of halogens is 3. The molecule has 1 unspecified atom stereocenters. The number of rotatable bonds is 4. The maximum atomic E-state index is 14.0. The molecule has 0 N–H and O–H groups in total. The van der Waals surface area contributed by atoms with Crippen LogP contribution in [0.15, 0.2) is 72.8 Å². The third kappa shape index (κ3) is 4.85. The SMILES string of the molecule is Cl.O=C1N(Cc2ccccc2)CN(c2ccccc2)C12CCN(C1CCc3c(Cl)ccc(Cl)c3C1)CC2. The predicted molar refractivity (Wildman–Crippen MR) is 154 cm³/mol. The van der Waals surface area contributed by atoms with Crippen LogP contribution in [-0.2, 0) is 24.2 Å². The number of carbonyl (C=O) groups is 1. The first-order valence-corrected chi connectivity index (χ1v) is 13.7. The van der Waals surface area contributed by atoms with Gasteiger partial charge in [0.2, 0.25) is 5.91 Å². The molecule has 2 heterocycles. The van der Waals surface area contributed by atoms with Gasteiger partial charge in [0.1, 0.15) is 5.54 Å². The van der Waals surface area contributed by atoms with Gasteiger partial charge in [0.15, 0.2) is 0 Å². The molecule has 4 nitrogen and oxygen atoms in total. The molecule has 0 radical (unpaired) electrons. The zero-order valence-corrected chi connectivity index (χ0v) is 23.1. The number of piperidine rings is 1. The van der Waals surface area contributed by atoms with Gasteiger partial charge in [-0.1, -0.05) is 71.7 Å². The van der Waals surface area contributed by atoms with Gasteiger partial charge in [-0.2, -0.15) is 0 Å². The Hall–Kier alpha value is -2.24. The van der Waals surface area contributed by atoms with E-state index in [0.717, 1.165) is 60.9 Å². The standard InChI is InChI=1S/C30H31Cl2N3O.ClH/c31-27-13-14-28(32)26-19-24(11-12-25(26)27)33-17-15-30(16-18-33)29(36)34(20-22-7-3-1-4-8-22)21-35(30)23-9-5-2-6-10-23;/h1-10,13-14,24H,11-12,15-21H2;1H. The van der Waals surface area contributed by atoms with Gasteiger partial charge in [0.05, 0.1) is 6.67 Å². The number of nitrogens with zero attached hydrogens (tertiary/aromatic N) is 3. The minimum Gasteiger partial charge on any atom is -0.339 e. The van der Waals surface area contributed by atoms with Crippen molar-refractivity contribution in [2.45, 2.75) is 50.2 Å². The van der Waals surface area contributed by atoms with E-state index in [-0.39, 0.29) is 18.3 Å². The number of hydrogen-bond acceptors (Lipinski definition) is 3. The van der Waals surface area contributed by atoms with Crippen LogP contribution in [0.5, 0.6) is 0 Å². The number of hydrogen-bond donors (Lipinski definition) is 0. The molecule has 37 heavy (non-hydrogen) atoms. The molecule has 2 saturated heterocycles. The average Bonchev–Trinajstić information content (AvgIpc) is 3.18. The summed E-state index contributed by atoms with van der Waals surface area (Å²) in [5, 5.41) is 1.66. The van der Waals surface area contributed by atoms with Gasteiger partial charge in [-0.25, -0.2) is 0 Å². The van der Waals surface area contributed by atoms with Crippen LogP contribution in [-0.4, -0.2) is 47.0 Å². The lowest BCUT2D eigenvalue weighted by Crippen LogP contribution is -2.58. The predicted octanol–water partition coefficient (Wildman–Crippen LogP) is 6.61. The van der Waals surface area contributed by atoms with Gasteiger partial charge < -0.3 is 9.80 Å². The highest BCUT2D eigenvalue weighted by atomic mass is 35.5. The van der Waals surface area contributed by atoms with Crippen molar-refractivity contribution < 1.29 is 4.79 Å². The van der Waals surface area contributed by atoms with Crippen LogP contribution in [0.25, 0.3) is 0 Å². The smallest absolute Gasteiger partial charge is 0.250 e. The summed E-state index contributed by atoms with van der Waals surface area (Å²) in [7, 11) is 0. The number of benzene rings is 3. The first kappa shape index (κ1) is 26.4. The monoisotopic (exact) mass is 555 g/mol. The summed E-state index contributed by atoms with van der Waals surface area (Å²) in [5.41, 5.74) is 4.23. The lowest BCUT2D eigenvalue weighted by atomic mass is 9.82. The zero-order chi connectivity index (χ0) is 24.7. The Morgan fingerprint density at radius 2 is 1.46 bits per heavy atom. The third-order valence-electron chi connectivity index (χ3n) is 8.42. The molecule has 1 amide bonds. The van der Waals surface area contributed by atoms with E-state index in [0.29, 0.717) is 19.3 Å². The fourth-order valence-corrected chi connectivity index (χ4v) is 7.00. The molecule has 2 fully saturated rings. The summed E-state index contributed by atoms with van der Waals surface area (Å²) in [6, 6.07) is 25.0. The number of likely N-dealkylation sites (tertiary alicyclic amines) is 1. The molecule has 1 aliphatic carbocycles. The van der Waals surface area contributed by atoms with Gasteiger partial charge in [-0.15, -0.1) is 12.4 Å². The minimum atomic E-state index is -0.486. The molecule has 6 rings (SSSR count). The van der Waals surface area contributed by atoms with Crippen LogP contribution in [0.2, 0.25) is 10.0 Å². The Morgan fingerprint density at radius 1 is 0.838 bits per heavy atom. The Kier molecular flexibility index (Phi) is 7.74. The molecule has 2 aliphatic heterocycles. The van der Waals surface area contributed by atoms with Gasteiger partial charge >= 0.3 is 0 Å². The van der Waals surface area contributed by atoms with Crippen LogP contribution >= 0.6 is 35.6 Å². The normalized spacial score (nSPS) is 21.1. The highest BCUT2D eigenvalue weighted by Crippen LogP contribution is 2.42. The third-order valence-corrected chi connectivity index (χ3v) is 9.13. The van der Waals surface area contributed by atoms with Crippen LogP contribution < -0.4 is 4.90 Å². The van der Waals surface area contributed by atoms with Crippen LogP contribution in [0, 0.1) is 0 Å². The van der Waals surface area contributed by atoms with Gasteiger partial charge in [-0.3, -0.25) is 9.69 Å². The first-order chi connectivity index (χ1) is 17.5. The number of anilines is 1. The minimum absolute atomic E-state index is 0. The molecule has 1 atom stereocenters. The second kappa shape index (κ2) is 10.9. The van der Waals surface area contributed by atoms with Gasteiger partial charge in [0.25, 0.3) is 0 Å². The summed E-state index contributed by atoms with van der Waals surface area (Å²) < 4.78 is 0. The largest absolute Gasteiger partial charge is 0.339 e. The lowest BCUT2D eigenvalue weighted by molar-refractivity contribution is -0.134. The molecule has 7 heteroatoms. The van der Waals surface area contributed by atoms with E-state index in [9.17, 15) is 4.79 Å². The maximum Gasteiger partial charge on any atom is 0.250 e. The highest BCUT2D eigenvalue weighted by molar-refractivity contribution is 6.34. The lowest BCUT2D eigenvalue weighted by Gasteiger charge is -2.46. The Balaban J connectivity index is 0.00000280. The van der Waals surface area contributed by atoms with E-state index in [1.807, 2.05) is 41.3 Å². The molecular weight excluding hydrogens is 525 g/mol. The van der Waals surface area contributed by atoms with Crippen LogP contribution in [0.1, 0.15) is 36.0 Å². The van der Waals surface area contributed by atoms with E-state index >= 15 is 0 Å². The van der Waals surface area contributed by atoms with Crippen LogP contribution in [0.4, 0.5) is 5.69 Å².